The summed E-state index contributed by atoms with van der Waals surface area (Å²) >= 11 is 5.61. The molecule has 0 aliphatic rings. The van der Waals surface area contributed by atoms with Gasteiger partial charge < -0.3 is 0 Å². The molecule has 0 aromatic rings. The Balaban J connectivity index is 8.26. The summed E-state index contributed by atoms with van der Waals surface area (Å²) in [7, 11) is 67.0. The van der Waals surface area contributed by atoms with Gasteiger partial charge in [0.25, 0.3) is 0 Å². The molecule has 0 saturated carbocycles. The van der Waals surface area contributed by atoms with Crippen molar-refractivity contribution in [2.45, 2.75) is 0 Å². The van der Waals surface area contributed by atoms with Crippen molar-refractivity contribution in [2.75, 3.05) is 0 Å². The van der Waals surface area contributed by atoms with Crippen LogP contribution < -0.4 is 0 Å². The molecule has 41 heteroatoms. The predicted molar refractivity (Wildman–Crippen MR) is 338 cm³/mol. The molecule has 0 fully saturated rings. The molecule has 0 aliphatic carbocycles. The van der Waals surface area contributed by atoms with Gasteiger partial charge in [0, 0.05) is 0 Å². The van der Waals surface area contributed by atoms with Crippen LogP contribution in [0.3, 0.4) is 0 Å². The van der Waals surface area contributed by atoms with Crippen molar-refractivity contribution in [3.05, 3.63) is 0 Å². The first-order valence-electron chi connectivity index (χ1n) is 9.20. The molecule has 23 atom stereocenters. The minimum absolute atomic E-state index is 0.0582. The molecule has 0 nitrogen and oxygen atoms in total. The van der Waals surface area contributed by atoms with Gasteiger partial charge in [0.2, 0.25) is 0 Å². The van der Waals surface area contributed by atoms with Crippen molar-refractivity contribution >= 4 is 331 Å². The first-order valence-corrected chi connectivity index (χ1v) is 79.8. The van der Waals surface area contributed by atoms with E-state index >= 15 is 0 Å². The van der Waals surface area contributed by atoms with E-state index in [9.17, 15) is 0 Å². The van der Waals surface area contributed by atoms with Crippen LogP contribution in [0.2, 0.25) is 0 Å². The molecule has 0 bridgehead atoms. The van der Waals surface area contributed by atoms with Gasteiger partial charge >= 0.3 is 331 Å². The third kappa shape index (κ3) is 21.7. The van der Waals surface area contributed by atoms with E-state index in [2.05, 4.69) is 175 Å². The minimum atomic E-state index is -0.155. The normalized spacial score (nSPS) is 17.0. The Morgan fingerprint density at radius 1 is 0.366 bits per heavy atom. The van der Waals surface area contributed by atoms with Crippen molar-refractivity contribution in [1.29, 1.82) is 0 Å². The Morgan fingerprint density at radius 2 is 0.610 bits per heavy atom. The Kier molecular flexibility index (Phi) is 45.9. The summed E-state index contributed by atoms with van der Waals surface area (Å²) in [5, 5.41) is 0. The van der Waals surface area contributed by atoms with Crippen molar-refractivity contribution < 1.29 is 0 Å². The maximum atomic E-state index is 5.61. The second-order valence-corrected chi connectivity index (χ2v) is 163. The fraction of sp³-hybridized carbons (Fsp3) is 0. The topological polar surface area (TPSA) is 0 Å². The Hall–Kier alpha value is 16.8. The van der Waals surface area contributed by atoms with Crippen molar-refractivity contribution in [1.82, 2.24) is 0 Å². The third-order valence-corrected chi connectivity index (χ3v) is 268. The monoisotopic (exact) mass is 1290 g/mol. The molecule has 0 rings (SSSR count). The number of rotatable bonds is 19. The van der Waals surface area contributed by atoms with Gasteiger partial charge in [-0.2, -0.15) is 0 Å². The van der Waals surface area contributed by atoms with Gasteiger partial charge in [0.15, 0.2) is 0 Å². The number of hydrogen-bond donors (Lipinski definition) is 1. The van der Waals surface area contributed by atoms with Crippen molar-refractivity contribution in [3.8, 4) is 0 Å². The molecule has 0 N–H and O–H groups in total. The zero-order valence-electron chi connectivity index (χ0n) is 20.9. The fourth-order valence-corrected chi connectivity index (χ4v) is 520. The van der Waals surface area contributed by atoms with Gasteiger partial charge in [-0.25, -0.2) is 0 Å². The number of hydrogen-bond acceptors (Lipinski definition) is 1. The molecule has 0 radical (unpaired) electrons. The van der Waals surface area contributed by atoms with E-state index in [1.54, 1.807) is 7.04 Å². The van der Waals surface area contributed by atoms with Crippen LogP contribution >= 0.6 is 315 Å². The van der Waals surface area contributed by atoms with E-state index < -0.39 is 0 Å². The third-order valence-electron chi connectivity index (χ3n) is 3.37. The van der Waals surface area contributed by atoms with Crippen molar-refractivity contribution in [2.24, 2.45) is 0 Å². The van der Waals surface area contributed by atoms with E-state index in [4.69, 9.17) is 12.1 Å². The molecular formula is H39BP38S2. The van der Waals surface area contributed by atoms with E-state index in [0.29, 0.717) is 0 Å². The molecule has 244 valence electrons. The van der Waals surface area contributed by atoms with Crippen LogP contribution in [0, 0.1) is 0 Å². The average Bonchev–Trinajstić information content (AvgIpc) is 2.79. The summed E-state index contributed by atoms with van der Waals surface area (Å²) in [6.07, 6.45) is 0. The van der Waals surface area contributed by atoms with Crippen molar-refractivity contribution in [3.63, 3.8) is 0 Å². The molecule has 0 heterocycles. The summed E-state index contributed by atoms with van der Waals surface area (Å²) < 4.78 is 0. The summed E-state index contributed by atoms with van der Waals surface area (Å²) in [6.45, 7) is -2.08. The van der Waals surface area contributed by atoms with Gasteiger partial charge in [0.1, 0.15) is 0 Å². The molecule has 0 saturated heterocycles. The van der Waals surface area contributed by atoms with Crippen LogP contribution in [0.1, 0.15) is 0 Å². The maximum absolute atomic E-state index is 5.61. The van der Waals surface area contributed by atoms with E-state index in [0.717, 1.165) is 0 Å². The molecule has 23 unspecified atom stereocenters. The van der Waals surface area contributed by atoms with Crippen LogP contribution in [0.15, 0.2) is 0 Å². The second-order valence-electron chi connectivity index (χ2n) is 6.20. The molecule has 0 aromatic heterocycles. The second kappa shape index (κ2) is 32.5. The van der Waals surface area contributed by atoms with Gasteiger partial charge in [-0.05, 0) is 0 Å². The number of thiol groups is 1. The van der Waals surface area contributed by atoms with Gasteiger partial charge in [-0.15, -0.1) is 0 Å². The van der Waals surface area contributed by atoms with Crippen LogP contribution in [-0.4, -0.2) is 5.43 Å². The molecule has 0 amide bonds. The van der Waals surface area contributed by atoms with Gasteiger partial charge in [0.05, 0.1) is 0 Å². The first-order chi connectivity index (χ1) is 18.8. The Labute approximate surface area is 326 Å². The van der Waals surface area contributed by atoms with Gasteiger partial charge in [-0.1, -0.05) is 0 Å². The summed E-state index contributed by atoms with van der Waals surface area (Å²) in [5.74, 6) is 0. The fourth-order valence-electron chi connectivity index (χ4n) is 2.18. The standard InChI is InChI=1S/BH39P38S2/c2-22(3)31(20)37(33(23(4)5)24(6)7)39(36(29(16)17)30(18)19)32(21-41-1-40)38(34(25(8)9)26(10)11)35(27(12)13)28(14)15/h41H,2-20H2. The zero-order chi connectivity index (χ0) is 32.5. The summed E-state index contributed by atoms with van der Waals surface area (Å²) in [6, 6.07) is 0. The summed E-state index contributed by atoms with van der Waals surface area (Å²) in [4.78, 5) is 0. The predicted octanol–water partition coefficient (Wildman–Crippen LogP) is 22.6. The molecule has 0 aliphatic heterocycles. The SMILES string of the molecule is PP(P)P(P)P(P(P(P)P)P(P)P)P(P(/P=[SH]/B=S)P(P(P(P)P)P(P)P)P(P(P)P)P(P)P)P(P(P)P)P(P)P. The van der Waals surface area contributed by atoms with Crippen LogP contribution in [0.5, 0.6) is 0 Å². The molecule has 41 heavy (non-hydrogen) atoms. The van der Waals surface area contributed by atoms with E-state index in [1.807, 2.05) is 0 Å². The van der Waals surface area contributed by atoms with E-state index in [-0.39, 0.29) is 126 Å². The summed E-state index contributed by atoms with van der Waals surface area (Å²) in [5.41, 5.74) is 2.06. The first kappa shape index (κ1) is 57.8. The van der Waals surface area contributed by atoms with Crippen LogP contribution in [-0.2, 0) is 10.8 Å². The zero-order valence-corrected chi connectivity index (χ0v) is 61.5. The quantitative estimate of drug-likeness (QED) is 0.0764. The van der Waals surface area contributed by atoms with E-state index in [1.165, 1.54) is 10.8 Å². The molecule has 0 spiro atoms. The average molecular weight is 1290 g/mol. The molecular weight excluding hydrogens is 1250 g/mol. The van der Waals surface area contributed by atoms with Crippen LogP contribution in [0.4, 0.5) is 0 Å². The molecule has 0 aromatic carbocycles. The Bertz CT molecular complexity index is 681. The Morgan fingerprint density at radius 3 is 0.829 bits per heavy atom. The van der Waals surface area contributed by atoms with Crippen LogP contribution in [0.25, 0.3) is 0 Å². The van der Waals surface area contributed by atoms with Gasteiger partial charge in [-0.3, -0.25) is 0 Å².